The van der Waals surface area contributed by atoms with E-state index in [0.29, 0.717) is 31.1 Å². The average molecular weight is 252 g/mol. The molecule has 3 fully saturated rings. The number of rotatable bonds is 2. The first kappa shape index (κ1) is 12.4. The summed E-state index contributed by atoms with van der Waals surface area (Å²) >= 11 is 0. The van der Waals surface area contributed by atoms with Crippen molar-refractivity contribution < 1.29 is 9.53 Å². The maximum absolute atomic E-state index is 12.8. The number of likely N-dealkylation sites (tertiary alicyclic amines) is 1. The molecular formula is C14H24N2O2. The Labute approximate surface area is 109 Å². The highest BCUT2D eigenvalue weighted by molar-refractivity contribution is 5.83. The molecule has 1 spiro atoms. The second kappa shape index (κ2) is 4.49. The summed E-state index contributed by atoms with van der Waals surface area (Å²) in [6.45, 7) is 3.76. The molecule has 3 rings (SSSR count). The summed E-state index contributed by atoms with van der Waals surface area (Å²) in [7, 11) is 0. The van der Waals surface area contributed by atoms with Crippen molar-refractivity contribution in [3.05, 3.63) is 0 Å². The molecule has 0 atom stereocenters. The number of hydrogen-bond acceptors (Lipinski definition) is 3. The minimum absolute atomic E-state index is 0.303. The van der Waals surface area contributed by atoms with E-state index in [2.05, 4.69) is 4.90 Å². The fourth-order valence-electron chi connectivity index (χ4n) is 3.80. The van der Waals surface area contributed by atoms with E-state index in [1.165, 1.54) is 25.7 Å². The van der Waals surface area contributed by atoms with Crippen LogP contribution in [0.5, 0.6) is 0 Å². The predicted molar refractivity (Wildman–Crippen MR) is 69.0 cm³/mol. The van der Waals surface area contributed by atoms with Gasteiger partial charge >= 0.3 is 0 Å². The fourth-order valence-corrected chi connectivity index (χ4v) is 3.80. The number of carbonyl (C=O) groups excluding carboxylic acids is 1. The monoisotopic (exact) mass is 252 g/mol. The van der Waals surface area contributed by atoms with Crippen LogP contribution in [0.15, 0.2) is 0 Å². The standard InChI is InChI=1S/C14H24N2O2/c15-10-14(5-8-18-9-6-14)12(17)16-7-4-13(11-16)2-1-3-13/h1-11,15H2. The maximum atomic E-state index is 12.8. The Morgan fingerprint density at radius 3 is 2.39 bits per heavy atom. The Bertz CT molecular complexity index is 333. The molecule has 0 aromatic heterocycles. The number of nitrogens with two attached hydrogens (primary N) is 1. The van der Waals surface area contributed by atoms with Crippen LogP contribution in [0.1, 0.15) is 38.5 Å². The molecule has 2 N–H and O–H groups in total. The number of carbonyl (C=O) groups is 1. The van der Waals surface area contributed by atoms with Crippen molar-refractivity contribution in [2.45, 2.75) is 38.5 Å². The minimum Gasteiger partial charge on any atom is -0.381 e. The van der Waals surface area contributed by atoms with Crippen LogP contribution in [0.25, 0.3) is 0 Å². The summed E-state index contributed by atoms with van der Waals surface area (Å²) in [6, 6.07) is 0. The van der Waals surface area contributed by atoms with E-state index in [0.717, 1.165) is 25.9 Å². The molecule has 0 radical (unpaired) electrons. The lowest BCUT2D eigenvalue weighted by molar-refractivity contribution is -0.146. The number of nitrogens with zero attached hydrogens (tertiary/aromatic N) is 1. The molecule has 1 saturated carbocycles. The van der Waals surface area contributed by atoms with Gasteiger partial charge in [-0.1, -0.05) is 6.42 Å². The normalized spacial score (nSPS) is 29.3. The highest BCUT2D eigenvalue weighted by Gasteiger charge is 2.48. The van der Waals surface area contributed by atoms with Gasteiger partial charge in [-0.25, -0.2) is 0 Å². The van der Waals surface area contributed by atoms with Gasteiger partial charge in [0.25, 0.3) is 0 Å². The van der Waals surface area contributed by atoms with Crippen LogP contribution >= 0.6 is 0 Å². The summed E-state index contributed by atoms with van der Waals surface area (Å²) in [5.41, 5.74) is 6.07. The molecule has 2 heterocycles. The van der Waals surface area contributed by atoms with Gasteiger partial charge in [0.05, 0.1) is 5.41 Å². The van der Waals surface area contributed by atoms with Gasteiger partial charge in [-0.2, -0.15) is 0 Å². The molecule has 0 unspecified atom stereocenters. The van der Waals surface area contributed by atoms with Crippen molar-refractivity contribution >= 4 is 5.91 Å². The molecule has 102 valence electrons. The van der Waals surface area contributed by atoms with Crippen LogP contribution in [0.3, 0.4) is 0 Å². The Balaban J connectivity index is 1.69. The van der Waals surface area contributed by atoms with E-state index in [-0.39, 0.29) is 5.41 Å². The third-order valence-corrected chi connectivity index (χ3v) is 5.43. The lowest BCUT2D eigenvalue weighted by Gasteiger charge is -2.40. The van der Waals surface area contributed by atoms with Gasteiger partial charge < -0.3 is 15.4 Å². The molecule has 2 saturated heterocycles. The van der Waals surface area contributed by atoms with Crippen LogP contribution in [-0.4, -0.2) is 43.7 Å². The Hall–Kier alpha value is -0.610. The SMILES string of the molecule is NCC1(C(=O)N2CCC3(CCC3)C2)CCOCC1. The molecule has 0 aromatic rings. The highest BCUT2D eigenvalue weighted by Crippen LogP contribution is 2.49. The van der Waals surface area contributed by atoms with E-state index >= 15 is 0 Å². The Morgan fingerprint density at radius 2 is 1.89 bits per heavy atom. The number of ether oxygens (including phenoxy) is 1. The molecular weight excluding hydrogens is 228 g/mol. The van der Waals surface area contributed by atoms with Crippen LogP contribution in [0, 0.1) is 10.8 Å². The zero-order chi connectivity index (χ0) is 12.6. The van der Waals surface area contributed by atoms with Gasteiger partial charge in [0, 0.05) is 32.8 Å². The summed E-state index contributed by atoms with van der Waals surface area (Å²) in [5.74, 6) is 0.303. The second-order valence-electron chi connectivity index (χ2n) is 6.43. The van der Waals surface area contributed by atoms with E-state index in [1.807, 2.05) is 0 Å². The first-order valence-electron chi connectivity index (χ1n) is 7.27. The summed E-state index contributed by atoms with van der Waals surface area (Å²) in [4.78, 5) is 14.9. The molecule has 4 heteroatoms. The van der Waals surface area contributed by atoms with Gasteiger partial charge in [0.15, 0.2) is 0 Å². The molecule has 1 aliphatic carbocycles. The molecule has 2 aliphatic heterocycles. The lowest BCUT2D eigenvalue weighted by Crippen LogP contribution is -2.51. The Kier molecular flexibility index (Phi) is 3.10. The van der Waals surface area contributed by atoms with E-state index in [9.17, 15) is 4.79 Å². The van der Waals surface area contributed by atoms with Crippen LogP contribution in [0.2, 0.25) is 0 Å². The van der Waals surface area contributed by atoms with Crippen LogP contribution in [0.4, 0.5) is 0 Å². The van der Waals surface area contributed by atoms with E-state index in [4.69, 9.17) is 10.5 Å². The van der Waals surface area contributed by atoms with Crippen molar-refractivity contribution in [2.24, 2.45) is 16.6 Å². The smallest absolute Gasteiger partial charge is 0.230 e. The van der Waals surface area contributed by atoms with Gasteiger partial charge in [-0.3, -0.25) is 4.79 Å². The topological polar surface area (TPSA) is 55.6 Å². The molecule has 0 aromatic carbocycles. The zero-order valence-corrected chi connectivity index (χ0v) is 11.1. The largest absolute Gasteiger partial charge is 0.381 e. The second-order valence-corrected chi connectivity index (χ2v) is 6.43. The first-order chi connectivity index (χ1) is 8.70. The van der Waals surface area contributed by atoms with Crippen molar-refractivity contribution in [3.63, 3.8) is 0 Å². The summed E-state index contributed by atoms with van der Waals surface area (Å²) in [5, 5.41) is 0. The average Bonchev–Trinajstić information content (AvgIpc) is 2.84. The number of amides is 1. The summed E-state index contributed by atoms with van der Waals surface area (Å²) in [6.07, 6.45) is 6.77. The minimum atomic E-state index is -0.326. The maximum Gasteiger partial charge on any atom is 0.230 e. The van der Waals surface area contributed by atoms with Crippen LogP contribution in [-0.2, 0) is 9.53 Å². The fraction of sp³-hybridized carbons (Fsp3) is 0.929. The van der Waals surface area contributed by atoms with Gasteiger partial charge in [-0.05, 0) is 37.5 Å². The molecule has 18 heavy (non-hydrogen) atoms. The van der Waals surface area contributed by atoms with Crippen molar-refractivity contribution in [1.82, 2.24) is 4.90 Å². The lowest BCUT2D eigenvalue weighted by atomic mass is 9.68. The van der Waals surface area contributed by atoms with Gasteiger partial charge in [0.2, 0.25) is 5.91 Å². The van der Waals surface area contributed by atoms with Crippen molar-refractivity contribution in [3.8, 4) is 0 Å². The summed E-state index contributed by atoms with van der Waals surface area (Å²) < 4.78 is 5.39. The van der Waals surface area contributed by atoms with Gasteiger partial charge in [0.1, 0.15) is 0 Å². The van der Waals surface area contributed by atoms with E-state index in [1.54, 1.807) is 0 Å². The highest BCUT2D eigenvalue weighted by atomic mass is 16.5. The van der Waals surface area contributed by atoms with Gasteiger partial charge in [-0.15, -0.1) is 0 Å². The first-order valence-corrected chi connectivity index (χ1v) is 7.27. The Morgan fingerprint density at radius 1 is 1.17 bits per heavy atom. The molecule has 0 bridgehead atoms. The molecule has 1 amide bonds. The quantitative estimate of drug-likeness (QED) is 0.802. The van der Waals surface area contributed by atoms with E-state index < -0.39 is 0 Å². The van der Waals surface area contributed by atoms with Crippen LogP contribution < -0.4 is 5.73 Å². The third-order valence-electron chi connectivity index (χ3n) is 5.43. The molecule has 3 aliphatic rings. The number of hydrogen-bond donors (Lipinski definition) is 1. The molecule has 4 nitrogen and oxygen atoms in total. The zero-order valence-electron chi connectivity index (χ0n) is 11.1. The van der Waals surface area contributed by atoms with Crippen molar-refractivity contribution in [1.29, 1.82) is 0 Å². The predicted octanol–water partition coefficient (Wildman–Crippen LogP) is 1.14. The van der Waals surface area contributed by atoms with Crippen molar-refractivity contribution in [2.75, 3.05) is 32.8 Å². The third kappa shape index (κ3) is 1.86.